The molecule has 0 aliphatic rings. The highest BCUT2D eigenvalue weighted by Crippen LogP contribution is 2.26. The minimum absolute atomic E-state index is 0.219. The van der Waals surface area contributed by atoms with Gasteiger partial charge in [-0.3, -0.25) is 4.79 Å². The first-order valence-corrected chi connectivity index (χ1v) is 5.41. The first-order chi connectivity index (χ1) is 6.93. The number of alkyl halides is 2. The van der Waals surface area contributed by atoms with Crippen molar-refractivity contribution in [2.45, 2.75) is 25.7 Å². The third kappa shape index (κ3) is 3.27. The van der Waals surface area contributed by atoms with Gasteiger partial charge in [0.05, 0.1) is 0 Å². The van der Waals surface area contributed by atoms with Gasteiger partial charge >= 0.3 is 6.43 Å². The van der Waals surface area contributed by atoms with Gasteiger partial charge < -0.3 is 5.32 Å². The van der Waals surface area contributed by atoms with Crippen molar-refractivity contribution in [2.75, 3.05) is 6.54 Å². The first kappa shape index (κ1) is 12.1. The SMILES string of the molecule is CC(C)(CNC(=O)C(F)F)c1cccs1. The van der Waals surface area contributed by atoms with E-state index < -0.39 is 12.3 Å². The Morgan fingerprint density at radius 2 is 2.27 bits per heavy atom. The predicted octanol–water partition coefficient (Wildman–Crippen LogP) is 2.41. The lowest BCUT2D eigenvalue weighted by molar-refractivity contribution is -0.131. The van der Waals surface area contributed by atoms with Crippen molar-refractivity contribution >= 4 is 17.2 Å². The maximum atomic E-state index is 11.9. The van der Waals surface area contributed by atoms with Crippen LogP contribution in [-0.2, 0) is 10.2 Å². The zero-order chi connectivity index (χ0) is 11.5. The van der Waals surface area contributed by atoms with Crippen molar-refractivity contribution < 1.29 is 13.6 Å². The molecule has 0 aromatic carbocycles. The van der Waals surface area contributed by atoms with Crippen molar-refractivity contribution in [3.63, 3.8) is 0 Å². The molecular weight excluding hydrogens is 220 g/mol. The van der Waals surface area contributed by atoms with Gasteiger partial charge in [0.25, 0.3) is 5.91 Å². The van der Waals surface area contributed by atoms with Crippen LogP contribution in [0.5, 0.6) is 0 Å². The number of halogens is 2. The maximum absolute atomic E-state index is 11.9. The van der Waals surface area contributed by atoms with Crippen molar-refractivity contribution in [1.82, 2.24) is 5.32 Å². The zero-order valence-corrected chi connectivity index (χ0v) is 9.41. The van der Waals surface area contributed by atoms with Crippen LogP contribution in [0.15, 0.2) is 17.5 Å². The summed E-state index contributed by atoms with van der Waals surface area (Å²) < 4.78 is 23.9. The average Bonchev–Trinajstić information content (AvgIpc) is 2.67. The number of thiophene rings is 1. The topological polar surface area (TPSA) is 29.1 Å². The van der Waals surface area contributed by atoms with E-state index in [4.69, 9.17) is 0 Å². The lowest BCUT2D eigenvalue weighted by Gasteiger charge is -2.23. The summed E-state index contributed by atoms with van der Waals surface area (Å²) in [6.07, 6.45) is -2.94. The Hall–Kier alpha value is -0.970. The van der Waals surface area contributed by atoms with Crippen molar-refractivity contribution in [1.29, 1.82) is 0 Å². The second kappa shape index (κ2) is 4.70. The lowest BCUT2D eigenvalue weighted by Crippen LogP contribution is -2.39. The Morgan fingerprint density at radius 3 is 2.73 bits per heavy atom. The Balaban J connectivity index is 2.54. The second-order valence-corrected chi connectivity index (χ2v) is 4.83. The molecule has 0 aliphatic heterocycles. The van der Waals surface area contributed by atoms with E-state index in [2.05, 4.69) is 5.32 Å². The number of hydrogen-bond acceptors (Lipinski definition) is 2. The Kier molecular flexibility index (Phi) is 3.79. The van der Waals surface area contributed by atoms with E-state index >= 15 is 0 Å². The normalized spacial score (nSPS) is 11.8. The molecule has 0 aliphatic carbocycles. The van der Waals surface area contributed by atoms with Crippen LogP contribution in [0.3, 0.4) is 0 Å². The quantitative estimate of drug-likeness (QED) is 0.850. The van der Waals surface area contributed by atoms with Gasteiger partial charge in [0.1, 0.15) is 0 Å². The molecule has 0 bridgehead atoms. The summed E-state index contributed by atoms with van der Waals surface area (Å²) in [7, 11) is 0. The van der Waals surface area contributed by atoms with Crippen molar-refractivity contribution in [3.05, 3.63) is 22.4 Å². The third-order valence-electron chi connectivity index (χ3n) is 2.09. The van der Waals surface area contributed by atoms with Crippen LogP contribution in [0.4, 0.5) is 8.78 Å². The lowest BCUT2D eigenvalue weighted by atomic mass is 9.91. The van der Waals surface area contributed by atoms with Gasteiger partial charge in [-0.1, -0.05) is 19.9 Å². The van der Waals surface area contributed by atoms with Crippen LogP contribution in [0.1, 0.15) is 18.7 Å². The van der Waals surface area contributed by atoms with E-state index in [9.17, 15) is 13.6 Å². The molecule has 2 nitrogen and oxygen atoms in total. The van der Waals surface area contributed by atoms with E-state index in [1.165, 1.54) is 0 Å². The molecule has 0 saturated carbocycles. The van der Waals surface area contributed by atoms with E-state index in [0.29, 0.717) is 0 Å². The smallest absolute Gasteiger partial charge is 0.315 e. The molecule has 0 fully saturated rings. The van der Waals surface area contributed by atoms with Crippen LogP contribution < -0.4 is 5.32 Å². The molecule has 1 N–H and O–H groups in total. The number of carbonyl (C=O) groups excluding carboxylic acids is 1. The minimum Gasteiger partial charge on any atom is -0.350 e. The maximum Gasteiger partial charge on any atom is 0.315 e. The van der Waals surface area contributed by atoms with Crippen LogP contribution in [-0.4, -0.2) is 18.9 Å². The molecule has 1 aromatic rings. The Morgan fingerprint density at radius 1 is 1.60 bits per heavy atom. The molecule has 1 rings (SSSR count). The predicted molar refractivity (Wildman–Crippen MR) is 56.4 cm³/mol. The summed E-state index contributed by atoms with van der Waals surface area (Å²) in [5, 5.41) is 4.15. The molecular formula is C10H13F2NOS. The highest BCUT2D eigenvalue weighted by molar-refractivity contribution is 7.10. The van der Waals surface area contributed by atoms with E-state index in [1.807, 2.05) is 31.4 Å². The summed E-state index contributed by atoms with van der Waals surface area (Å²) in [6, 6.07) is 3.83. The summed E-state index contributed by atoms with van der Waals surface area (Å²) in [6.45, 7) is 4.03. The zero-order valence-electron chi connectivity index (χ0n) is 8.59. The Bertz CT molecular complexity index is 322. The van der Waals surface area contributed by atoms with E-state index in [0.717, 1.165) is 4.88 Å². The highest BCUT2D eigenvalue weighted by Gasteiger charge is 2.24. The number of hydrogen-bond donors (Lipinski definition) is 1. The molecule has 0 radical (unpaired) electrons. The average molecular weight is 233 g/mol. The van der Waals surface area contributed by atoms with Gasteiger partial charge in [-0.25, -0.2) is 0 Å². The van der Waals surface area contributed by atoms with Gasteiger partial charge in [-0.05, 0) is 11.4 Å². The summed E-state index contributed by atoms with van der Waals surface area (Å²) >= 11 is 1.55. The van der Waals surface area contributed by atoms with Crippen LogP contribution in [0.2, 0.25) is 0 Å². The number of rotatable bonds is 4. The van der Waals surface area contributed by atoms with E-state index in [-0.39, 0.29) is 12.0 Å². The van der Waals surface area contributed by atoms with Gasteiger partial charge in [0.15, 0.2) is 0 Å². The van der Waals surface area contributed by atoms with Crippen LogP contribution in [0, 0.1) is 0 Å². The van der Waals surface area contributed by atoms with Crippen LogP contribution in [0.25, 0.3) is 0 Å². The molecule has 1 aromatic heterocycles. The first-order valence-electron chi connectivity index (χ1n) is 4.53. The molecule has 15 heavy (non-hydrogen) atoms. The molecule has 0 saturated heterocycles. The largest absolute Gasteiger partial charge is 0.350 e. The van der Waals surface area contributed by atoms with Gasteiger partial charge in [-0.15, -0.1) is 11.3 Å². The second-order valence-electron chi connectivity index (χ2n) is 3.88. The summed E-state index contributed by atoms with van der Waals surface area (Å²) in [4.78, 5) is 11.8. The fourth-order valence-corrected chi connectivity index (χ4v) is 1.99. The standard InChI is InChI=1S/C10H13F2NOS/c1-10(2,7-4-3-5-15-7)6-13-9(14)8(11)12/h3-5,8H,6H2,1-2H3,(H,13,14). The molecule has 84 valence electrons. The monoisotopic (exact) mass is 233 g/mol. The Labute approximate surface area is 91.3 Å². The van der Waals surface area contributed by atoms with Gasteiger partial charge in [-0.2, -0.15) is 8.78 Å². The molecule has 0 atom stereocenters. The molecule has 0 spiro atoms. The van der Waals surface area contributed by atoms with Crippen molar-refractivity contribution in [3.8, 4) is 0 Å². The number of nitrogens with one attached hydrogen (secondary N) is 1. The van der Waals surface area contributed by atoms with E-state index in [1.54, 1.807) is 11.3 Å². The fourth-order valence-electron chi connectivity index (χ4n) is 1.14. The van der Waals surface area contributed by atoms with Gasteiger partial charge in [0, 0.05) is 16.8 Å². The minimum atomic E-state index is -2.94. The van der Waals surface area contributed by atoms with Crippen molar-refractivity contribution in [2.24, 2.45) is 0 Å². The van der Waals surface area contributed by atoms with Crippen LogP contribution >= 0.6 is 11.3 Å². The third-order valence-corrected chi connectivity index (χ3v) is 3.33. The molecule has 1 amide bonds. The fraction of sp³-hybridized carbons (Fsp3) is 0.500. The molecule has 5 heteroatoms. The number of amides is 1. The summed E-state index contributed by atoms with van der Waals surface area (Å²) in [5.41, 5.74) is -0.307. The molecule has 1 heterocycles. The number of carbonyl (C=O) groups is 1. The van der Waals surface area contributed by atoms with Gasteiger partial charge in [0.2, 0.25) is 0 Å². The molecule has 0 unspecified atom stereocenters. The summed E-state index contributed by atoms with van der Waals surface area (Å²) in [5.74, 6) is -1.21. The highest BCUT2D eigenvalue weighted by atomic mass is 32.1.